The van der Waals surface area contributed by atoms with Crippen LogP contribution < -0.4 is 15.0 Å². The van der Waals surface area contributed by atoms with Crippen molar-refractivity contribution >= 4 is 40.8 Å². The summed E-state index contributed by atoms with van der Waals surface area (Å²) in [5, 5.41) is 2.64. The van der Waals surface area contributed by atoms with E-state index in [1.807, 2.05) is 13.8 Å². The van der Waals surface area contributed by atoms with Crippen LogP contribution in [-0.4, -0.2) is 31.0 Å². The highest BCUT2D eigenvalue weighted by atomic mass is 35.5. The van der Waals surface area contributed by atoms with Gasteiger partial charge in [-0.15, -0.1) is 0 Å². The van der Waals surface area contributed by atoms with Gasteiger partial charge in [-0.05, 0) is 55.8 Å². The van der Waals surface area contributed by atoms with E-state index in [1.165, 1.54) is 0 Å². The van der Waals surface area contributed by atoms with Crippen molar-refractivity contribution in [3.63, 3.8) is 0 Å². The summed E-state index contributed by atoms with van der Waals surface area (Å²) >= 11 is 6.17. The van der Waals surface area contributed by atoms with Crippen molar-refractivity contribution in [3.05, 3.63) is 64.8 Å². The second kappa shape index (κ2) is 10.1. The summed E-state index contributed by atoms with van der Waals surface area (Å²) in [4.78, 5) is 38.7. The number of hydrogen-bond acceptors (Lipinski definition) is 6. The van der Waals surface area contributed by atoms with E-state index in [0.717, 1.165) is 17.7 Å². The molecule has 0 radical (unpaired) electrons. The summed E-state index contributed by atoms with van der Waals surface area (Å²) in [5.74, 6) is -1.05. The number of benzene rings is 2. The monoisotopic (exact) mass is 442 g/mol. The Bertz CT molecular complexity index is 1020. The number of amides is 2. The predicted molar refractivity (Wildman–Crippen MR) is 118 cm³/mol. The molecule has 0 unspecified atom stereocenters. The fourth-order valence-electron chi connectivity index (χ4n) is 2.96. The maximum Gasteiger partial charge on any atom is 0.338 e. The number of esters is 1. The van der Waals surface area contributed by atoms with E-state index in [2.05, 4.69) is 5.32 Å². The molecule has 2 aromatic carbocycles. The van der Waals surface area contributed by atoms with Gasteiger partial charge in [-0.1, -0.05) is 31.0 Å². The Balaban J connectivity index is 1.76. The van der Waals surface area contributed by atoms with Crippen molar-refractivity contribution in [1.29, 1.82) is 0 Å². The van der Waals surface area contributed by atoms with Crippen molar-refractivity contribution in [1.82, 2.24) is 0 Å². The number of imide groups is 1. The van der Waals surface area contributed by atoms with E-state index < -0.39 is 17.8 Å². The van der Waals surface area contributed by atoms with E-state index in [0.29, 0.717) is 35.9 Å². The Morgan fingerprint density at radius 3 is 2.48 bits per heavy atom. The van der Waals surface area contributed by atoms with Crippen molar-refractivity contribution < 1.29 is 23.9 Å². The van der Waals surface area contributed by atoms with Gasteiger partial charge in [0.05, 0.1) is 24.5 Å². The van der Waals surface area contributed by atoms with Gasteiger partial charge in [0, 0.05) is 5.69 Å². The summed E-state index contributed by atoms with van der Waals surface area (Å²) in [7, 11) is 0. The smallest absolute Gasteiger partial charge is 0.338 e. The summed E-state index contributed by atoms with van der Waals surface area (Å²) < 4.78 is 10.6. The van der Waals surface area contributed by atoms with Gasteiger partial charge in [0.1, 0.15) is 16.5 Å². The van der Waals surface area contributed by atoms with Gasteiger partial charge in [0.15, 0.2) is 0 Å². The molecule has 2 amide bonds. The number of rotatable bonds is 9. The number of carbonyl (C=O) groups excluding carboxylic acids is 3. The zero-order valence-corrected chi connectivity index (χ0v) is 18.1. The number of nitrogens with one attached hydrogen (secondary N) is 1. The van der Waals surface area contributed by atoms with Crippen molar-refractivity contribution in [2.45, 2.75) is 26.7 Å². The molecule has 7 nitrogen and oxygen atoms in total. The highest BCUT2D eigenvalue weighted by Crippen LogP contribution is 2.31. The van der Waals surface area contributed by atoms with E-state index in [9.17, 15) is 14.4 Å². The molecule has 1 aliphatic rings. The first kappa shape index (κ1) is 22.4. The summed E-state index contributed by atoms with van der Waals surface area (Å²) in [6.45, 7) is 4.72. The van der Waals surface area contributed by atoms with Crippen LogP contribution in [0, 0.1) is 0 Å². The molecule has 0 saturated heterocycles. The molecule has 8 heteroatoms. The normalized spacial score (nSPS) is 13.6. The minimum absolute atomic E-state index is 0.0583. The summed E-state index contributed by atoms with van der Waals surface area (Å²) in [5.41, 5.74) is 1.09. The number of nitrogens with zero attached hydrogens (tertiary/aromatic N) is 1. The number of halogens is 1. The maximum atomic E-state index is 12.9. The van der Waals surface area contributed by atoms with Crippen LogP contribution in [0.15, 0.2) is 59.3 Å². The molecule has 0 bridgehead atoms. The molecule has 162 valence electrons. The molecule has 2 aromatic rings. The van der Waals surface area contributed by atoms with Gasteiger partial charge in [0.2, 0.25) is 0 Å². The van der Waals surface area contributed by atoms with E-state index >= 15 is 0 Å². The van der Waals surface area contributed by atoms with Gasteiger partial charge in [-0.2, -0.15) is 0 Å². The second-order valence-electron chi connectivity index (χ2n) is 6.76. The Morgan fingerprint density at radius 2 is 1.81 bits per heavy atom. The van der Waals surface area contributed by atoms with Crippen LogP contribution in [-0.2, 0) is 14.3 Å². The number of anilines is 2. The lowest BCUT2D eigenvalue weighted by Gasteiger charge is -2.15. The minimum Gasteiger partial charge on any atom is -0.494 e. The van der Waals surface area contributed by atoms with Crippen LogP contribution in [0.3, 0.4) is 0 Å². The maximum absolute atomic E-state index is 12.9. The fourth-order valence-corrected chi connectivity index (χ4v) is 3.18. The van der Waals surface area contributed by atoms with Gasteiger partial charge in [-0.25, -0.2) is 9.69 Å². The van der Waals surface area contributed by atoms with Gasteiger partial charge in [-0.3, -0.25) is 9.59 Å². The summed E-state index contributed by atoms with van der Waals surface area (Å²) in [6.07, 6.45) is 1.70. The van der Waals surface area contributed by atoms with Crippen LogP contribution in [0.1, 0.15) is 37.0 Å². The molecule has 0 fully saturated rings. The number of hydrogen-bond donors (Lipinski definition) is 1. The summed E-state index contributed by atoms with van der Waals surface area (Å²) in [6, 6.07) is 13.0. The lowest BCUT2D eigenvalue weighted by molar-refractivity contribution is -0.120. The van der Waals surface area contributed by atoms with Gasteiger partial charge < -0.3 is 14.8 Å². The molecule has 0 aliphatic carbocycles. The van der Waals surface area contributed by atoms with Crippen LogP contribution in [0.25, 0.3) is 0 Å². The fraction of sp³-hybridized carbons (Fsp3) is 0.261. The lowest BCUT2D eigenvalue weighted by atomic mass is 10.2. The molecular weight excluding hydrogens is 420 g/mol. The average molecular weight is 443 g/mol. The first-order chi connectivity index (χ1) is 15.0. The zero-order chi connectivity index (χ0) is 22.4. The lowest BCUT2D eigenvalue weighted by Crippen LogP contribution is -2.32. The highest BCUT2D eigenvalue weighted by molar-refractivity contribution is 6.53. The second-order valence-corrected chi connectivity index (χ2v) is 7.13. The average Bonchev–Trinajstić information content (AvgIpc) is 2.98. The van der Waals surface area contributed by atoms with E-state index in [4.69, 9.17) is 21.1 Å². The van der Waals surface area contributed by atoms with Gasteiger partial charge >= 0.3 is 5.97 Å². The van der Waals surface area contributed by atoms with Gasteiger partial charge in [0.25, 0.3) is 11.8 Å². The Hall–Kier alpha value is -3.32. The predicted octanol–water partition coefficient (Wildman–Crippen LogP) is 4.48. The van der Waals surface area contributed by atoms with Crippen LogP contribution in [0.4, 0.5) is 11.4 Å². The SMILES string of the molecule is CCCCOC(=O)c1cccc(NC2=C(Cl)C(=O)N(c3ccc(OCC)cc3)C2=O)c1. The number of unbranched alkanes of at least 4 members (excludes halogenated alkanes) is 1. The third-order valence-electron chi connectivity index (χ3n) is 4.53. The van der Waals surface area contributed by atoms with Crippen LogP contribution in [0.5, 0.6) is 5.75 Å². The third-order valence-corrected chi connectivity index (χ3v) is 4.88. The largest absolute Gasteiger partial charge is 0.494 e. The molecule has 31 heavy (non-hydrogen) atoms. The quantitative estimate of drug-likeness (QED) is 0.350. The molecule has 1 heterocycles. The number of ether oxygens (including phenoxy) is 2. The van der Waals surface area contributed by atoms with Crippen LogP contribution >= 0.6 is 11.6 Å². The molecule has 3 rings (SSSR count). The van der Waals surface area contributed by atoms with Crippen molar-refractivity contribution in [2.75, 3.05) is 23.4 Å². The van der Waals surface area contributed by atoms with E-state index in [1.54, 1.807) is 48.5 Å². The highest BCUT2D eigenvalue weighted by Gasteiger charge is 2.39. The molecule has 1 N–H and O–H groups in total. The minimum atomic E-state index is -0.631. The zero-order valence-electron chi connectivity index (χ0n) is 17.3. The first-order valence-corrected chi connectivity index (χ1v) is 10.4. The Morgan fingerprint density at radius 1 is 1.06 bits per heavy atom. The third kappa shape index (κ3) is 5.06. The Kier molecular flexibility index (Phi) is 7.31. The van der Waals surface area contributed by atoms with Crippen molar-refractivity contribution in [3.8, 4) is 5.75 Å². The molecule has 0 atom stereocenters. The molecular formula is C23H23ClN2O5. The Labute approximate surface area is 185 Å². The van der Waals surface area contributed by atoms with Crippen molar-refractivity contribution in [2.24, 2.45) is 0 Å². The molecule has 0 aromatic heterocycles. The molecule has 1 aliphatic heterocycles. The van der Waals surface area contributed by atoms with E-state index in [-0.39, 0.29) is 10.7 Å². The first-order valence-electron chi connectivity index (χ1n) is 10.0. The molecule has 0 saturated carbocycles. The van der Waals surface area contributed by atoms with Crippen LogP contribution in [0.2, 0.25) is 0 Å². The molecule has 0 spiro atoms. The topological polar surface area (TPSA) is 84.9 Å². The standard InChI is InChI=1S/C23H23ClN2O5/c1-3-5-13-31-23(29)15-7-6-8-16(14-15)25-20-19(24)21(27)26(22(20)28)17-9-11-18(12-10-17)30-4-2/h6-12,14,25H,3-5,13H2,1-2H3. The number of carbonyl (C=O) groups is 3.